The minimum absolute atomic E-state index is 0.125. The van der Waals surface area contributed by atoms with Crippen molar-refractivity contribution in [1.82, 2.24) is 5.32 Å². The van der Waals surface area contributed by atoms with E-state index in [-0.39, 0.29) is 18.8 Å². The zero-order valence-electron chi connectivity index (χ0n) is 16.9. The smallest absolute Gasteiger partial charge is 0.0478 e. The van der Waals surface area contributed by atoms with Gasteiger partial charge in [-0.1, -0.05) is 95.0 Å². The summed E-state index contributed by atoms with van der Waals surface area (Å²) < 4.78 is 0. The lowest BCUT2D eigenvalue weighted by molar-refractivity contribution is 0.163. The molecule has 0 saturated carbocycles. The van der Waals surface area contributed by atoms with Crippen molar-refractivity contribution >= 4 is 0 Å². The monoisotopic (exact) mass is 363 g/mol. The molecular formula is C23H41NO2. The predicted octanol–water partition coefficient (Wildman–Crippen LogP) is 5.16. The lowest BCUT2D eigenvalue weighted by Gasteiger charge is -2.35. The lowest BCUT2D eigenvalue weighted by Crippen LogP contribution is -2.44. The second-order valence-electron chi connectivity index (χ2n) is 7.50. The van der Waals surface area contributed by atoms with E-state index in [4.69, 9.17) is 0 Å². The van der Waals surface area contributed by atoms with E-state index >= 15 is 0 Å². The van der Waals surface area contributed by atoms with Gasteiger partial charge in [-0.05, 0) is 31.4 Å². The normalized spacial score (nSPS) is 11.8. The van der Waals surface area contributed by atoms with Crippen molar-refractivity contribution in [2.75, 3.05) is 19.8 Å². The van der Waals surface area contributed by atoms with Crippen LogP contribution in [0.5, 0.6) is 0 Å². The second kappa shape index (κ2) is 15.2. The zero-order valence-corrected chi connectivity index (χ0v) is 16.9. The molecule has 0 fully saturated rings. The van der Waals surface area contributed by atoms with E-state index in [9.17, 15) is 10.2 Å². The number of rotatable bonds is 17. The van der Waals surface area contributed by atoms with E-state index in [0.29, 0.717) is 12.8 Å². The molecule has 150 valence electrons. The van der Waals surface area contributed by atoms with Gasteiger partial charge >= 0.3 is 0 Å². The number of unbranched alkanes of at least 4 members (excludes halogenated alkanes) is 9. The molecule has 0 aliphatic rings. The molecule has 0 atom stereocenters. The van der Waals surface area contributed by atoms with Crippen LogP contribution in [-0.2, 0) is 5.54 Å². The van der Waals surface area contributed by atoms with Crippen LogP contribution in [0.1, 0.15) is 89.5 Å². The molecule has 0 aliphatic carbocycles. The maximum Gasteiger partial charge on any atom is 0.0478 e. The number of benzene rings is 1. The Balaban J connectivity index is 2.28. The fourth-order valence-electron chi connectivity index (χ4n) is 3.77. The number of hydrogen-bond donors (Lipinski definition) is 3. The standard InChI is InChI=1S/C23H41NO2/c1-2-3-4-5-6-7-8-9-10-14-19-24-23(17-20-25,18-21-26)22-15-12-11-13-16-22/h11-13,15-16,24-26H,2-10,14,17-21H2,1H3. The summed E-state index contributed by atoms with van der Waals surface area (Å²) in [4.78, 5) is 0. The van der Waals surface area contributed by atoms with Gasteiger partial charge in [0.05, 0.1) is 0 Å². The van der Waals surface area contributed by atoms with Gasteiger partial charge in [0.1, 0.15) is 0 Å². The van der Waals surface area contributed by atoms with E-state index in [1.54, 1.807) is 0 Å². The topological polar surface area (TPSA) is 52.5 Å². The molecule has 0 unspecified atom stereocenters. The molecule has 0 saturated heterocycles. The molecule has 3 N–H and O–H groups in total. The van der Waals surface area contributed by atoms with Crippen molar-refractivity contribution in [3.05, 3.63) is 35.9 Å². The minimum atomic E-state index is -0.315. The Labute approximate surface area is 161 Å². The Kier molecular flexibility index (Phi) is 13.5. The molecule has 1 aromatic carbocycles. The van der Waals surface area contributed by atoms with Crippen LogP contribution in [0.3, 0.4) is 0 Å². The highest BCUT2D eigenvalue weighted by atomic mass is 16.3. The first-order chi connectivity index (χ1) is 12.8. The highest BCUT2D eigenvalue weighted by Gasteiger charge is 2.30. The molecule has 0 amide bonds. The highest BCUT2D eigenvalue weighted by molar-refractivity contribution is 5.24. The molecule has 1 rings (SSSR count). The summed E-state index contributed by atoms with van der Waals surface area (Å²) in [6, 6.07) is 10.3. The van der Waals surface area contributed by atoms with E-state index in [2.05, 4.69) is 24.4 Å². The van der Waals surface area contributed by atoms with Crippen molar-refractivity contribution in [3.63, 3.8) is 0 Å². The van der Waals surface area contributed by atoms with Gasteiger partial charge in [-0.3, -0.25) is 0 Å². The van der Waals surface area contributed by atoms with Crippen LogP contribution in [0, 0.1) is 0 Å². The molecule has 3 heteroatoms. The van der Waals surface area contributed by atoms with Crippen molar-refractivity contribution in [1.29, 1.82) is 0 Å². The fourth-order valence-corrected chi connectivity index (χ4v) is 3.77. The average Bonchev–Trinajstić information content (AvgIpc) is 2.67. The number of aliphatic hydroxyl groups excluding tert-OH is 2. The van der Waals surface area contributed by atoms with Gasteiger partial charge in [-0.2, -0.15) is 0 Å². The Morgan fingerprint density at radius 1 is 0.731 bits per heavy atom. The predicted molar refractivity (Wildman–Crippen MR) is 111 cm³/mol. The minimum Gasteiger partial charge on any atom is -0.396 e. The SMILES string of the molecule is CCCCCCCCCCCCNC(CCO)(CCO)c1ccccc1. The van der Waals surface area contributed by atoms with Crippen LogP contribution < -0.4 is 5.32 Å². The van der Waals surface area contributed by atoms with Crippen LogP contribution in [0.15, 0.2) is 30.3 Å². The Bertz CT molecular complexity index is 415. The molecule has 0 bridgehead atoms. The lowest BCUT2D eigenvalue weighted by atomic mass is 9.83. The Morgan fingerprint density at radius 2 is 1.23 bits per heavy atom. The van der Waals surface area contributed by atoms with Crippen LogP contribution >= 0.6 is 0 Å². The summed E-state index contributed by atoms with van der Waals surface area (Å²) in [6.07, 6.45) is 14.6. The summed E-state index contributed by atoms with van der Waals surface area (Å²) >= 11 is 0. The van der Waals surface area contributed by atoms with E-state index < -0.39 is 0 Å². The molecule has 0 aliphatic heterocycles. The van der Waals surface area contributed by atoms with Gasteiger partial charge < -0.3 is 15.5 Å². The molecule has 26 heavy (non-hydrogen) atoms. The van der Waals surface area contributed by atoms with Crippen molar-refractivity contribution in [3.8, 4) is 0 Å². The largest absolute Gasteiger partial charge is 0.396 e. The average molecular weight is 364 g/mol. The Hall–Kier alpha value is -0.900. The first-order valence-electron chi connectivity index (χ1n) is 10.8. The molecule has 0 spiro atoms. The zero-order chi connectivity index (χ0) is 18.9. The van der Waals surface area contributed by atoms with Gasteiger partial charge in [0.15, 0.2) is 0 Å². The first-order valence-corrected chi connectivity index (χ1v) is 10.8. The van der Waals surface area contributed by atoms with E-state index in [0.717, 1.165) is 18.5 Å². The molecule has 0 radical (unpaired) electrons. The summed E-state index contributed by atoms with van der Waals surface area (Å²) in [7, 11) is 0. The molecule has 1 aromatic rings. The summed E-state index contributed by atoms with van der Waals surface area (Å²) in [5.41, 5.74) is 0.847. The highest BCUT2D eigenvalue weighted by Crippen LogP contribution is 2.28. The number of hydrogen-bond acceptors (Lipinski definition) is 3. The van der Waals surface area contributed by atoms with Crippen LogP contribution in [0.4, 0.5) is 0 Å². The fraction of sp³-hybridized carbons (Fsp3) is 0.739. The van der Waals surface area contributed by atoms with Gasteiger partial charge in [0.2, 0.25) is 0 Å². The number of aliphatic hydroxyl groups is 2. The van der Waals surface area contributed by atoms with Crippen LogP contribution in [-0.4, -0.2) is 30.0 Å². The third-order valence-electron chi connectivity index (χ3n) is 5.40. The maximum absolute atomic E-state index is 9.55. The second-order valence-corrected chi connectivity index (χ2v) is 7.50. The third kappa shape index (κ3) is 9.16. The summed E-state index contributed by atoms with van der Waals surface area (Å²) in [5, 5.41) is 22.7. The van der Waals surface area contributed by atoms with Gasteiger partial charge in [0.25, 0.3) is 0 Å². The van der Waals surface area contributed by atoms with E-state index in [1.807, 2.05) is 18.2 Å². The maximum atomic E-state index is 9.55. The van der Waals surface area contributed by atoms with Gasteiger partial charge in [0, 0.05) is 18.8 Å². The molecule has 0 heterocycles. The molecule has 3 nitrogen and oxygen atoms in total. The first kappa shape index (κ1) is 23.1. The quantitative estimate of drug-likeness (QED) is 0.335. The van der Waals surface area contributed by atoms with Gasteiger partial charge in [-0.25, -0.2) is 0 Å². The Morgan fingerprint density at radius 3 is 1.73 bits per heavy atom. The van der Waals surface area contributed by atoms with Crippen LogP contribution in [0.2, 0.25) is 0 Å². The van der Waals surface area contributed by atoms with Gasteiger partial charge in [-0.15, -0.1) is 0 Å². The molecule has 0 aromatic heterocycles. The van der Waals surface area contributed by atoms with Crippen molar-refractivity contribution in [2.24, 2.45) is 0 Å². The van der Waals surface area contributed by atoms with Crippen molar-refractivity contribution in [2.45, 2.75) is 89.5 Å². The molecular weight excluding hydrogens is 322 g/mol. The van der Waals surface area contributed by atoms with Crippen molar-refractivity contribution < 1.29 is 10.2 Å². The third-order valence-corrected chi connectivity index (χ3v) is 5.40. The summed E-state index contributed by atoms with van der Waals surface area (Å²) in [5.74, 6) is 0. The van der Waals surface area contributed by atoms with Crippen LogP contribution in [0.25, 0.3) is 0 Å². The summed E-state index contributed by atoms with van der Waals surface area (Å²) in [6.45, 7) is 3.45. The van der Waals surface area contributed by atoms with E-state index in [1.165, 1.54) is 57.8 Å². The number of nitrogens with one attached hydrogen (secondary N) is 1.